The van der Waals surface area contributed by atoms with Gasteiger partial charge < -0.3 is 37.2 Å². The predicted octanol–water partition coefficient (Wildman–Crippen LogP) is -4.46. The second-order valence-corrected chi connectivity index (χ2v) is 8.59. The van der Waals surface area contributed by atoms with Gasteiger partial charge in [-0.15, -0.1) is 0 Å². The van der Waals surface area contributed by atoms with Crippen LogP contribution in [0, 0.1) is 11.8 Å². The number of nitrogens with zero attached hydrogens (tertiary/aromatic N) is 5. The van der Waals surface area contributed by atoms with Crippen LogP contribution in [-0.4, -0.2) is 40.2 Å². The normalized spacial score (nSPS) is 21.4. The van der Waals surface area contributed by atoms with Gasteiger partial charge in [-0.25, -0.2) is 15.0 Å². The molecule has 34 heavy (non-hydrogen) atoms. The molecule has 5 rings (SSSR count). The summed E-state index contributed by atoms with van der Waals surface area (Å²) in [7, 11) is 0. The van der Waals surface area contributed by atoms with Crippen LogP contribution in [0.3, 0.4) is 0 Å². The first-order valence-electron chi connectivity index (χ1n) is 10.6. The van der Waals surface area contributed by atoms with Gasteiger partial charge in [0.05, 0.1) is 11.4 Å². The molecule has 0 saturated heterocycles. The summed E-state index contributed by atoms with van der Waals surface area (Å²) in [6.45, 7) is 8.76. The Bertz CT molecular complexity index is 1090. The van der Waals surface area contributed by atoms with Crippen LogP contribution in [-0.2, 0) is 18.6 Å². The predicted molar refractivity (Wildman–Crippen MR) is 124 cm³/mol. The molecular weight excluding hydrogens is 528 g/mol. The molecule has 0 N–H and O–H groups in total. The van der Waals surface area contributed by atoms with Crippen LogP contribution >= 0.6 is 0 Å². The van der Waals surface area contributed by atoms with Crippen LogP contribution < -0.4 is 37.2 Å². The number of hydrogen-bond donors (Lipinski definition) is 0. The summed E-state index contributed by atoms with van der Waals surface area (Å²) in [5.74, 6) is 2.29. The zero-order chi connectivity index (χ0) is 20.8. The van der Waals surface area contributed by atoms with Crippen LogP contribution in [0.25, 0.3) is 0 Å². The van der Waals surface area contributed by atoms with E-state index in [-0.39, 0.29) is 67.9 Å². The Morgan fingerprint density at radius 2 is 1.09 bits per heavy atom. The maximum atomic E-state index is 4.80. The molecule has 2 aliphatic carbocycles. The van der Waals surface area contributed by atoms with E-state index in [0.29, 0.717) is 23.5 Å². The van der Waals surface area contributed by atoms with Gasteiger partial charge in [0, 0.05) is 18.6 Å². The molecule has 0 aromatic carbocycles. The molecule has 1 aromatic rings. The number of fused-ring (bicyclic) bond motifs is 2. The first-order chi connectivity index (χ1) is 14.5. The zero-order valence-corrected chi connectivity index (χ0v) is 23.0. The first-order valence-corrected chi connectivity index (χ1v) is 10.6. The summed E-state index contributed by atoms with van der Waals surface area (Å²) in [4.78, 5) is 23.9. The summed E-state index contributed by atoms with van der Waals surface area (Å²) in [6, 6.07) is 5.86. The molecule has 5 nitrogen and oxygen atoms in total. The SMILES string of the molecule is CC(C)C1=CC2=NC(c3cccc(C4=NC5C=CC(C(C)C)=CC5=N4)n3)=NC2C=C1.[Cl-].[Cl-].[Cl-].[V]. The molecule has 2 aliphatic heterocycles. The maximum absolute atomic E-state index is 4.80. The van der Waals surface area contributed by atoms with Gasteiger partial charge in [-0.1, -0.05) is 58.1 Å². The Balaban J connectivity index is 0.00000144. The Hall–Kier alpha value is -1.76. The molecule has 0 saturated carbocycles. The fraction of sp³-hybridized carbons (Fsp3) is 0.320. The molecule has 9 heteroatoms. The van der Waals surface area contributed by atoms with Gasteiger partial charge in [0.1, 0.15) is 23.5 Å². The van der Waals surface area contributed by atoms with Crippen LogP contribution in [0.5, 0.6) is 0 Å². The quantitative estimate of drug-likeness (QED) is 0.372. The third-order valence-electron chi connectivity index (χ3n) is 5.71. The van der Waals surface area contributed by atoms with E-state index in [9.17, 15) is 0 Å². The van der Waals surface area contributed by atoms with Crippen molar-refractivity contribution in [3.8, 4) is 0 Å². The Labute approximate surface area is 231 Å². The monoisotopic (exact) mass is 551 g/mol. The smallest absolute Gasteiger partial charge is 0.174 e. The summed E-state index contributed by atoms with van der Waals surface area (Å²) in [5.41, 5.74) is 6.06. The number of amidine groups is 2. The van der Waals surface area contributed by atoms with Crippen LogP contribution in [0.2, 0.25) is 0 Å². The number of aromatic nitrogens is 1. The number of pyridine rings is 1. The molecule has 4 aliphatic rings. The minimum Gasteiger partial charge on any atom is -1.00 e. The van der Waals surface area contributed by atoms with Crippen molar-refractivity contribution in [2.45, 2.75) is 39.8 Å². The van der Waals surface area contributed by atoms with E-state index in [4.69, 9.17) is 25.0 Å². The third-order valence-corrected chi connectivity index (χ3v) is 5.71. The summed E-state index contributed by atoms with van der Waals surface area (Å²) >= 11 is 0. The number of allylic oxidation sites excluding steroid dienone is 4. The van der Waals surface area contributed by atoms with Crippen molar-refractivity contribution in [3.63, 3.8) is 0 Å². The summed E-state index contributed by atoms with van der Waals surface area (Å²) < 4.78 is 0. The Morgan fingerprint density at radius 1 is 0.676 bits per heavy atom. The number of hydrogen-bond acceptors (Lipinski definition) is 5. The van der Waals surface area contributed by atoms with E-state index >= 15 is 0 Å². The molecule has 0 amide bonds. The van der Waals surface area contributed by atoms with Gasteiger partial charge in [-0.05, 0) is 47.3 Å². The van der Waals surface area contributed by atoms with E-state index in [2.05, 4.69) is 64.2 Å². The zero-order valence-electron chi connectivity index (χ0n) is 19.3. The molecule has 0 bridgehead atoms. The van der Waals surface area contributed by atoms with E-state index in [1.807, 2.05) is 18.2 Å². The van der Waals surface area contributed by atoms with Crippen molar-refractivity contribution < 1.29 is 55.8 Å². The molecule has 1 aromatic heterocycles. The van der Waals surface area contributed by atoms with Crippen LogP contribution in [0.15, 0.2) is 85.8 Å². The first kappa shape index (κ1) is 30.3. The Kier molecular flexibility index (Phi) is 10.9. The van der Waals surface area contributed by atoms with Crippen LogP contribution in [0.4, 0.5) is 0 Å². The van der Waals surface area contributed by atoms with Crippen molar-refractivity contribution in [2.75, 3.05) is 0 Å². The molecule has 0 spiro atoms. The van der Waals surface area contributed by atoms with E-state index in [1.54, 1.807) is 0 Å². The molecular formula is C25H25Cl3N5V-3. The molecule has 3 heterocycles. The Morgan fingerprint density at radius 3 is 1.47 bits per heavy atom. The number of halogens is 3. The van der Waals surface area contributed by atoms with E-state index < -0.39 is 0 Å². The maximum Gasteiger partial charge on any atom is 0.174 e. The van der Waals surface area contributed by atoms with Gasteiger partial charge in [0.15, 0.2) is 11.7 Å². The molecule has 2 unspecified atom stereocenters. The van der Waals surface area contributed by atoms with Crippen molar-refractivity contribution >= 4 is 23.1 Å². The standard InChI is InChI=1S/C25H25N5.3ClH.V/c1-14(2)16-8-10-18-22(12-16)29-24(27-18)20-6-5-7-21(26-20)25-28-19-11-9-17(15(3)4)13-23(19)30-25;;;;/h5-15,18-19H,1-4H3;3*1H;/p-3. The van der Waals surface area contributed by atoms with Crippen molar-refractivity contribution in [2.24, 2.45) is 31.8 Å². The molecule has 1 radical (unpaired) electrons. The van der Waals surface area contributed by atoms with Gasteiger partial charge in [-0.2, -0.15) is 0 Å². The second-order valence-electron chi connectivity index (χ2n) is 8.59. The van der Waals surface area contributed by atoms with Gasteiger partial charge >= 0.3 is 0 Å². The fourth-order valence-corrected chi connectivity index (χ4v) is 3.84. The molecule has 179 valence electrons. The van der Waals surface area contributed by atoms with Gasteiger partial charge in [-0.3, -0.25) is 9.98 Å². The molecule has 0 fully saturated rings. The third kappa shape index (κ3) is 5.89. The van der Waals surface area contributed by atoms with E-state index in [1.165, 1.54) is 11.1 Å². The van der Waals surface area contributed by atoms with Gasteiger partial charge in [0.2, 0.25) is 0 Å². The average molecular weight is 553 g/mol. The summed E-state index contributed by atoms with van der Waals surface area (Å²) in [5, 5.41) is 0. The minimum absolute atomic E-state index is 0. The molecule has 2 atom stereocenters. The van der Waals surface area contributed by atoms with Crippen molar-refractivity contribution in [3.05, 3.63) is 77.2 Å². The minimum atomic E-state index is -0.00961. The largest absolute Gasteiger partial charge is 1.00 e. The van der Waals surface area contributed by atoms with Crippen molar-refractivity contribution in [1.82, 2.24) is 4.98 Å². The topological polar surface area (TPSA) is 62.3 Å². The number of aliphatic imine (C=N–C) groups is 4. The average Bonchev–Trinajstić information content (AvgIpc) is 3.36. The van der Waals surface area contributed by atoms with Gasteiger partial charge in [0.25, 0.3) is 0 Å². The second kappa shape index (κ2) is 12.3. The van der Waals surface area contributed by atoms with Crippen molar-refractivity contribution in [1.29, 1.82) is 0 Å². The summed E-state index contributed by atoms with van der Waals surface area (Å²) in [6.07, 6.45) is 12.8. The van der Waals surface area contributed by atoms with E-state index in [0.717, 1.165) is 22.8 Å². The number of rotatable bonds is 4. The fourth-order valence-electron chi connectivity index (χ4n) is 3.84. The van der Waals surface area contributed by atoms with Crippen LogP contribution in [0.1, 0.15) is 39.1 Å².